The molecule has 1 unspecified atom stereocenters. The first-order valence-electron chi connectivity index (χ1n) is 5.47. The second-order valence-corrected chi connectivity index (χ2v) is 4.44. The van der Waals surface area contributed by atoms with Gasteiger partial charge in [0.2, 0.25) is 5.91 Å². The molecule has 16 heavy (non-hydrogen) atoms. The van der Waals surface area contributed by atoms with Crippen LogP contribution >= 0.6 is 0 Å². The molecule has 1 aromatic rings. The van der Waals surface area contributed by atoms with Gasteiger partial charge < -0.3 is 16.4 Å². The van der Waals surface area contributed by atoms with Gasteiger partial charge in [-0.25, -0.2) is 0 Å². The Morgan fingerprint density at radius 1 is 1.44 bits per heavy atom. The van der Waals surface area contributed by atoms with Crippen molar-refractivity contribution >= 4 is 17.3 Å². The van der Waals surface area contributed by atoms with Gasteiger partial charge in [-0.05, 0) is 37.1 Å². The predicted octanol–water partition coefficient (Wildman–Crippen LogP) is 0.889. The van der Waals surface area contributed by atoms with E-state index in [-0.39, 0.29) is 11.8 Å². The van der Waals surface area contributed by atoms with Gasteiger partial charge in [0.1, 0.15) is 0 Å². The van der Waals surface area contributed by atoms with Crippen LogP contribution in [0.1, 0.15) is 12.0 Å². The summed E-state index contributed by atoms with van der Waals surface area (Å²) in [5.41, 5.74) is 14.1. The first-order chi connectivity index (χ1) is 7.56. The largest absolute Gasteiger partial charge is 0.399 e. The summed E-state index contributed by atoms with van der Waals surface area (Å²) in [7, 11) is 0. The van der Waals surface area contributed by atoms with Crippen molar-refractivity contribution in [2.24, 2.45) is 11.7 Å². The lowest BCUT2D eigenvalue weighted by Crippen LogP contribution is -2.27. The van der Waals surface area contributed by atoms with E-state index in [0.717, 1.165) is 29.9 Å². The lowest BCUT2D eigenvalue weighted by molar-refractivity contribution is -0.121. The average Bonchev–Trinajstić information content (AvgIpc) is 2.64. The van der Waals surface area contributed by atoms with Crippen LogP contribution in [-0.4, -0.2) is 19.0 Å². The lowest BCUT2D eigenvalue weighted by Gasteiger charge is -2.19. The highest BCUT2D eigenvalue weighted by Crippen LogP contribution is 2.26. The van der Waals surface area contributed by atoms with Gasteiger partial charge in [-0.1, -0.05) is 0 Å². The molecule has 0 bridgehead atoms. The molecule has 2 rings (SSSR count). The number of hydrogen-bond donors (Lipinski definition) is 2. The first-order valence-corrected chi connectivity index (χ1v) is 5.47. The Bertz CT molecular complexity index is 396. The number of rotatable bonds is 2. The summed E-state index contributed by atoms with van der Waals surface area (Å²) < 4.78 is 0. The van der Waals surface area contributed by atoms with Crippen LogP contribution in [-0.2, 0) is 4.79 Å². The van der Waals surface area contributed by atoms with Crippen molar-refractivity contribution in [1.29, 1.82) is 0 Å². The standard InChI is InChI=1S/C12H17N3O/c1-8-4-10(13)6-11(5-8)15-3-2-9(7-15)12(14)16/h4-6,9H,2-3,7,13H2,1H3,(H2,14,16). The van der Waals surface area contributed by atoms with Crippen molar-refractivity contribution in [3.8, 4) is 0 Å². The molecule has 4 nitrogen and oxygen atoms in total. The number of nitrogens with zero attached hydrogens (tertiary/aromatic N) is 1. The summed E-state index contributed by atoms with van der Waals surface area (Å²) in [5, 5.41) is 0. The Kier molecular flexibility index (Phi) is 2.73. The highest BCUT2D eigenvalue weighted by atomic mass is 16.1. The summed E-state index contributed by atoms with van der Waals surface area (Å²) >= 11 is 0. The van der Waals surface area contributed by atoms with Crippen LogP contribution in [0.2, 0.25) is 0 Å². The van der Waals surface area contributed by atoms with Gasteiger partial charge in [-0.15, -0.1) is 0 Å². The maximum Gasteiger partial charge on any atom is 0.222 e. The molecule has 86 valence electrons. The Morgan fingerprint density at radius 2 is 2.19 bits per heavy atom. The first kappa shape index (κ1) is 10.8. The zero-order valence-corrected chi connectivity index (χ0v) is 9.44. The SMILES string of the molecule is Cc1cc(N)cc(N2CCC(C(N)=O)C2)c1. The van der Waals surface area contributed by atoms with Crippen LogP contribution in [0.25, 0.3) is 0 Å². The summed E-state index contributed by atoms with van der Waals surface area (Å²) in [6, 6.07) is 5.96. The van der Waals surface area contributed by atoms with E-state index in [4.69, 9.17) is 11.5 Å². The van der Waals surface area contributed by atoms with E-state index in [2.05, 4.69) is 11.0 Å². The van der Waals surface area contributed by atoms with Crippen molar-refractivity contribution in [1.82, 2.24) is 0 Å². The molecule has 4 N–H and O–H groups in total. The summed E-state index contributed by atoms with van der Waals surface area (Å²) in [4.78, 5) is 13.2. The fourth-order valence-corrected chi connectivity index (χ4v) is 2.20. The third-order valence-corrected chi connectivity index (χ3v) is 3.04. The van der Waals surface area contributed by atoms with E-state index in [1.54, 1.807) is 0 Å². The number of aryl methyl sites for hydroxylation is 1. The number of primary amides is 1. The van der Waals surface area contributed by atoms with Crippen molar-refractivity contribution < 1.29 is 4.79 Å². The van der Waals surface area contributed by atoms with Gasteiger partial charge >= 0.3 is 0 Å². The normalized spacial score (nSPS) is 20.1. The molecule has 0 aromatic heterocycles. The lowest BCUT2D eigenvalue weighted by atomic mass is 10.1. The van der Waals surface area contributed by atoms with Crippen molar-refractivity contribution in [2.75, 3.05) is 23.7 Å². The Morgan fingerprint density at radius 3 is 2.75 bits per heavy atom. The summed E-state index contributed by atoms with van der Waals surface area (Å²) in [6.07, 6.45) is 0.836. The molecular formula is C12H17N3O. The van der Waals surface area contributed by atoms with Crippen LogP contribution in [0.5, 0.6) is 0 Å². The minimum atomic E-state index is -0.205. The summed E-state index contributed by atoms with van der Waals surface area (Å²) in [6.45, 7) is 3.59. The average molecular weight is 219 g/mol. The van der Waals surface area contributed by atoms with Crippen LogP contribution < -0.4 is 16.4 Å². The van der Waals surface area contributed by atoms with Crippen LogP contribution in [0.3, 0.4) is 0 Å². The van der Waals surface area contributed by atoms with Crippen molar-refractivity contribution in [3.63, 3.8) is 0 Å². The second-order valence-electron chi connectivity index (χ2n) is 4.44. The Balaban J connectivity index is 2.17. The molecule has 4 heteroatoms. The van der Waals surface area contributed by atoms with Crippen LogP contribution in [0.15, 0.2) is 18.2 Å². The van der Waals surface area contributed by atoms with Gasteiger partial charge in [0, 0.05) is 24.5 Å². The van der Waals surface area contributed by atoms with E-state index in [1.807, 2.05) is 19.1 Å². The molecule has 1 saturated heterocycles. The number of amides is 1. The van der Waals surface area contributed by atoms with Crippen molar-refractivity contribution in [2.45, 2.75) is 13.3 Å². The van der Waals surface area contributed by atoms with Gasteiger partial charge in [0.15, 0.2) is 0 Å². The summed E-state index contributed by atoms with van der Waals surface area (Å²) in [5.74, 6) is -0.232. The third-order valence-electron chi connectivity index (χ3n) is 3.04. The number of hydrogen-bond acceptors (Lipinski definition) is 3. The molecule has 0 aliphatic carbocycles. The molecule has 1 aliphatic rings. The topological polar surface area (TPSA) is 72.3 Å². The Labute approximate surface area is 95.2 Å². The number of nitrogens with two attached hydrogens (primary N) is 2. The van der Waals surface area contributed by atoms with E-state index in [1.165, 1.54) is 0 Å². The molecule has 0 radical (unpaired) electrons. The zero-order valence-electron chi connectivity index (χ0n) is 9.44. The zero-order chi connectivity index (χ0) is 11.7. The number of nitrogen functional groups attached to an aromatic ring is 1. The van der Waals surface area contributed by atoms with E-state index in [0.29, 0.717) is 6.54 Å². The molecule has 0 spiro atoms. The monoisotopic (exact) mass is 219 g/mol. The van der Waals surface area contributed by atoms with E-state index >= 15 is 0 Å². The van der Waals surface area contributed by atoms with E-state index < -0.39 is 0 Å². The molecule has 1 heterocycles. The highest BCUT2D eigenvalue weighted by Gasteiger charge is 2.26. The smallest absolute Gasteiger partial charge is 0.222 e. The minimum absolute atomic E-state index is 0.0262. The maximum absolute atomic E-state index is 11.1. The maximum atomic E-state index is 11.1. The molecule has 0 saturated carbocycles. The number of anilines is 2. The van der Waals surface area contributed by atoms with Gasteiger partial charge in [0.25, 0.3) is 0 Å². The molecule has 1 atom stereocenters. The van der Waals surface area contributed by atoms with Gasteiger partial charge in [-0.2, -0.15) is 0 Å². The number of carbonyl (C=O) groups excluding carboxylic acids is 1. The quantitative estimate of drug-likeness (QED) is 0.725. The molecule has 1 aromatic carbocycles. The molecule has 1 amide bonds. The van der Waals surface area contributed by atoms with Gasteiger partial charge in [0.05, 0.1) is 5.92 Å². The fraction of sp³-hybridized carbons (Fsp3) is 0.417. The number of carbonyl (C=O) groups is 1. The Hall–Kier alpha value is -1.71. The highest BCUT2D eigenvalue weighted by molar-refractivity contribution is 5.78. The van der Waals surface area contributed by atoms with Crippen molar-refractivity contribution in [3.05, 3.63) is 23.8 Å². The molecule has 1 fully saturated rings. The van der Waals surface area contributed by atoms with Gasteiger partial charge in [-0.3, -0.25) is 4.79 Å². The number of benzene rings is 1. The second kappa shape index (κ2) is 4.04. The fourth-order valence-electron chi connectivity index (χ4n) is 2.20. The predicted molar refractivity (Wildman–Crippen MR) is 65.1 cm³/mol. The third kappa shape index (κ3) is 2.10. The van der Waals surface area contributed by atoms with Crippen LogP contribution in [0, 0.1) is 12.8 Å². The molecular weight excluding hydrogens is 202 g/mol. The minimum Gasteiger partial charge on any atom is -0.399 e. The molecule has 1 aliphatic heterocycles. The van der Waals surface area contributed by atoms with E-state index in [9.17, 15) is 4.79 Å². The van der Waals surface area contributed by atoms with Crippen LogP contribution in [0.4, 0.5) is 11.4 Å².